The number of aromatic amines is 1. The Labute approximate surface area is 106 Å². The number of aliphatic carboxylic acids is 1. The van der Waals surface area contributed by atoms with E-state index in [0.29, 0.717) is 24.4 Å². The van der Waals surface area contributed by atoms with Crippen LogP contribution < -0.4 is 16.3 Å². The number of fused-ring (bicyclic) bond motifs is 1. The zero-order valence-corrected chi connectivity index (χ0v) is 9.91. The van der Waals surface area contributed by atoms with Crippen LogP contribution in [-0.2, 0) is 4.79 Å². The zero-order valence-electron chi connectivity index (χ0n) is 9.91. The van der Waals surface area contributed by atoms with Gasteiger partial charge >= 0.3 is 11.7 Å². The highest BCUT2D eigenvalue weighted by atomic mass is 16.4. The summed E-state index contributed by atoms with van der Waals surface area (Å²) in [4.78, 5) is 24.3. The largest absolute Gasteiger partial charge is 0.480 e. The number of carboxylic acid groups (broad SMARTS) is 1. The molecule has 19 heavy (non-hydrogen) atoms. The van der Waals surface area contributed by atoms with E-state index in [1.165, 1.54) is 0 Å². The van der Waals surface area contributed by atoms with E-state index in [-0.39, 0.29) is 6.54 Å². The SMILES string of the molecule is NC1(C(=O)O)CCN(c2ccc3n[nH]c(=O)n3n2)C1. The number of nitrogens with one attached hydrogen (secondary N) is 1. The van der Waals surface area contributed by atoms with Crippen molar-refractivity contribution in [2.45, 2.75) is 12.0 Å². The van der Waals surface area contributed by atoms with Gasteiger partial charge in [-0.2, -0.15) is 9.61 Å². The highest BCUT2D eigenvalue weighted by molar-refractivity contribution is 5.80. The maximum absolute atomic E-state index is 11.4. The molecule has 3 heterocycles. The number of hydrogen-bond donors (Lipinski definition) is 3. The van der Waals surface area contributed by atoms with E-state index in [1.54, 1.807) is 17.0 Å². The van der Waals surface area contributed by atoms with Crippen LogP contribution in [0.2, 0.25) is 0 Å². The smallest absolute Gasteiger partial charge is 0.364 e. The molecule has 0 saturated carbocycles. The number of H-pyrrole nitrogens is 1. The lowest BCUT2D eigenvalue weighted by molar-refractivity contribution is -0.142. The number of rotatable bonds is 2. The van der Waals surface area contributed by atoms with Crippen LogP contribution in [0.15, 0.2) is 16.9 Å². The fourth-order valence-electron chi connectivity index (χ4n) is 2.17. The first kappa shape index (κ1) is 11.7. The number of hydrogen-bond acceptors (Lipinski definition) is 6. The molecule has 3 rings (SSSR count). The number of nitrogens with zero attached hydrogens (tertiary/aromatic N) is 4. The molecule has 1 atom stereocenters. The molecule has 1 unspecified atom stereocenters. The molecule has 2 aromatic heterocycles. The third-order valence-electron chi connectivity index (χ3n) is 3.31. The molecule has 0 amide bonds. The number of anilines is 1. The van der Waals surface area contributed by atoms with Crippen LogP contribution in [0.5, 0.6) is 0 Å². The maximum Gasteiger partial charge on any atom is 0.364 e. The first-order chi connectivity index (χ1) is 8.99. The number of carboxylic acids is 1. The highest BCUT2D eigenvalue weighted by Gasteiger charge is 2.41. The molecule has 100 valence electrons. The maximum atomic E-state index is 11.4. The van der Waals surface area contributed by atoms with Gasteiger partial charge in [0, 0.05) is 13.1 Å². The summed E-state index contributed by atoms with van der Waals surface area (Å²) in [5.74, 6) is -0.527. The van der Waals surface area contributed by atoms with Gasteiger partial charge in [0.05, 0.1) is 0 Å². The molecule has 0 spiro atoms. The van der Waals surface area contributed by atoms with E-state index < -0.39 is 17.2 Å². The van der Waals surface area contributed by atoms with Crippen molar-refractivity contribution in [3.8, 4) is 0 Å². The van der Waals surface area contributed by atoms with E-state index in [4.69, 9.17) is 10.8 Å². The van der Waals surface area contributed by atoms with Gasteiger partial charge in [0.2, 0.25) is 0 Å². The fourth-order valence-corrected chi connectivity index (χ4v) is 2.17. The molecule has 1 fully saturated rings. The monoisotopic (exact) mass is 264 g/mol. The molecule has 2 aromatic rings. The quantitative estimate of drug-likeness (QED) is 0.596. The molecule has 0 aromatic carbocycles. The summed E-state index contributed by atoms with van der Waals surface area (Å²) < 4.78 is 1.13. The minimum Gasteiger partial charge on any atom is -0.480 e. The van der Waals surface area contributed by atoms with Crippen LogP contribution in [0.25, 0.3) is 5.65 Å². The van der Waals surface area contributed by atoms with Crippen molar-refractivity contribution in [3.63, 3.8) is 0 Å². The molecular weight excluding hydrogens is 252 g/mol. The van der Waals surface area contributed by atoms with Crippen LogP contribution in [0, 0.1) is 0 Å². The van der Waals surface area contributed by atoms with Gasteiger partial charge in [-0.05, 0) is 18.6 Å². The molecule has 9 nitrogen and oxygen atoms in total. The van der Waals surface area contributed by atoms with Crippen molar-refractivity contribution in [2.75, 3.05) is 18.0 Å². The molecule has 0 aliphatic carbocycles. The number of carbonyl (C=O) groups is 1. The Bertz CT molecular complexity index is 707. The van der Waals surface area contributed by atoms with Crippen molar-refractivity contribution in [2.24, 2.45) is 5.73 Å². The van der Waals surface area contributed by atoms with E-state index in [2.05, 4.69) is 15.3 Å². The second-order valence-electron chi connectivity index (χ2n) is 4.62. The van der Waals surface area contributed by atoms with Gasteiger partial charge in [-0.25, -0.2) is 9.89 Å². The summed E-state index contributed by atoms with van der Waals surface area (Å²) in [5, 5.41) is 19.3. The summed E-state index contributed by atoms with van der Waals surface area (Å²) in [6, 6.07) is 3.32. The lowest BCUT2D eigenvalue weighted by atomic mass is 10.0. The van der Waals surface area contributed by atoms with Crippen LogP contribution in [0.4, 0.5) is 5.82 Å². The van der Waals surface area contributed by atoms with Crippen LogP contribution in [0.3, 0.4) is 0 Å². The van der Waals surface area contributed by atoms with Crippen molar-refractivity contribution < 1.29 is 9.90 Å². The van der Waals surface area contributed by atoms with Crippen molar-refractivity contribution in [1.29, 1.82) is 0 Å². The average molecular weight is 264 g/mol. The van der Waals surface area contributed by atoms with E-state index in [1.807, 2.05) is 0 Å². The molecule has 0 radical (unpaired) electrons. The van der Waals surface area contributed by atoms with Crippen LogP contribution >= 0.6 is 0 Å². The second kappa shape index (κ2) is 3.79. The Hall–Kier alpha value is -2.42. The highest BCUT2D eigenvalue weighted by Crippen LogP contribution is 2.23. The van der Waals surface area contributed by atoms with Gasteiger partial charge in [-0.15, -0.1) is 5.10 Å². The van der Waals surface area contributed by atoms with Gasteiger partial charge in [0.1, 0.15) is 11.4 Å². The normalized spacial score (nSPS) is 23.1. The summed E-state index contributed by atoms with van der Waals surface area (Å²) in [6.45, 7) is 0.640. The summed E-state index contributed by atoms with van der Waals surface area (Å²) in [5.41, 5.74) is 4.50. The lowest BCUT2D eigenvalue weighted by Gasteiger charge is -2.20. The Balaban J connectivity index is 1.95. The lowest BCUT2D eigenvalue weighted by Crippen LogP contribution is -2.50. The van der Waals surface area contributed by atoms with E-state index in [9.17, 15) is 9.59 Å². The first-order valence-electron chi connectivity index (χ1n) is 5.71. The number of nitrogens with two attached hydrogens (primary N) is 1. The molecule has 1 aliphatic rings. The van der Waals surface area contributed by atoms with Crippen molar-refractivity contribution in [1.82, 2.24) is 19.8 Å². The number of aromatic nitrogens is 4. The minimum absolute atomic E-state index is 0.160. The van der Waals surface area contributed by atoms with Crippen LogP contribution in [-0.4, -0.2) is 49.5 Å². The Morgan fingerprint density at radius 3 is 3.00 bits per heavy atom. The predicted molar refractivity (Wildman–Crippen MR) is 65.0 cm³/mol. The fraction of sp³-hybridized carbons (Fsp3) is 0.400. The molecule has 9 heteroatoms. The summed E-state index contributed by atoms with van der Waals surface area (Å²) in [7, 11) is 0. The Kier molecular flexibility index (Phi) is 2.32. The Morgan fingerprint density at radius 1 is 1.53 bits per heavy atom. The molecule has 1 aliphatic heterocycles. The van der Waals surface area contributed by atoms with Gasteiger partial charge < -0.3 is 15.7 Å². The topological polar surface area (TPSA) is 130 Å². The second-order valence-corrected chi connectivity index (χ2v) is 4.62. The van der Waals surface area contributed by atoms with Gasteiger partial charge in [-0.3, -0.25) is 4.79 Å². The standard InChI is InChI=1S/C10H12N6O3/c11-10(8(17)18)3-4-15(5-10)7-2-1-6-12-13-9(19)16(6)14-7/h1-2H,3-5,11H2,(H,13,19)(H,17,18). The van der Waals surface area contributed by atoms with Gasteiger partial charge in [-0.1, -0.05) is 0 Å². The predicted octanol–water partition coefficient (Wildman–Crippen LogP) is -1.59. The third kappa shape index (κ3) is 1.74. The Morgan fingerprint density at radius 2 is 2.32 bits per heavy atom. The molecule has 1 saturated heterocycles. The third-order valence-corrected chi connectivity index (χ3v) is 3.31. The molecular formula is C10H12N6O3. The van der Waals surface area contributed by atoms with Crippen LogP contribution in [0.1, 0.15) is 6.42 Å². The van der Waals surface area contributed by atoms with Gasteiger partial charge in [0.15, 0.2) is 5.65 Å². The van der Waals surface area contributed by atoms with E-state index >= 15 is 0 Å². The first-order valence-corrected chi connectivity index (χ1v) is 5.71. The zero-order chi connectivity index (χ0) is 13.6. The summed E-state index contributed by atoms with van der Waals surface area (Å²) in [6.07, 6.45) is 0.336. The molecule has 4 N–H and O–H groups in total. The van der Waals surface area contributed by atoms with Crippen molar-refractivity contribution in [3.05, 3.63) is 22.6 Å². The molecule has 0 bridgehead atoms. The minimum atomic E-state index is -1.27. The van der Waals surface area contributed by atoms with E-state index in [0.717, 1.165) is 4.52 Å². The van der Waals surface area contributed by atoms with Crippen molar-refractivity contribution >= 4 is 17.4 Å². The van der Waals surface area contributed by atoms with Gasteiger partial charge in [0.25, 0.3) is 0 Å². The average Bonchev–Trinajstić information content (AvgIpc) is 2.95. The summed E-state index contributed by atoms with van der Waals surface area (Å²) >= 11 is 0.